The van der Waals surface area contributed by atoms with Gasteiger partial charge < -0.3 is 15.5 Å². The van der Waals surface area contributed by atoms with E-state index in [0.717, 1.165) is 12.2 Å². The number of hydrogen-bond acceptors (Lipinski definition) is 5. The molecular formula is C14H19N3O2S. The molecule has 0 unspecified atom stereocenters. The van der Waals surface area contributed by atoms with Gasteiger partial charge in [-0.3, -0.25) is 4.98 Å². The van der Waals surface area contributed by atoms with Crippen molar-refractivity contribution >= 4 is 34.2 Å². The molecule has 5 nitrogen and oxygen atoms in total. The summed E-state index contributed by atoms with van der Waals surface area (Å²) in [6.45, 7) is 0.895. The van der Waals surface area contributed by atoms with Gasteiger partial charge in [0.05, 0.1) is 16.9 Å². The molecule has 1 aliphatic carbocycles. The van der Waals surface area contributed by atoms with Gasteiger partial charge in [-0.15, -0.1) is 0 Å². The van der Waals surface area contributed by atoms with Crippen molar-refractivity contribution in [2.24, 2.45) is 0 Å². The topological polar surface area (TPSA) is 84.0 Å². The zero-order chi connectivity index (χ0) is 14.2. The SMILES string of the molecule is CSC1(CNc2cc3[nH]c(=O)oc3cc2N)CCCC1. The first-order valence-corrected chi connectivity index (χ1v) is 8.06. The predicted octanol–water partition coefficient (Wildman–Crippen LogP) is 2.79. The number of thioether (sulfide) groups is 1. The number of rotatable bonds is 4. The molecular weight excluding hydrogens is 274 g/mol. The van der Waals surface area contributed by atoms with Crippen LogP contribution < -0.4 is 16.8 Å². The van der Waals surface area contributed by atoms with Gasteiger partial charge in [0.25, 0.3) is 0 Å². The monoisotopic (exact) mass is 293 g/mol. The minimum absolute atomic E-state index is 0.311. The number of oxazole rings is 1. The van der Waals surface area contributed by atoms with Crippen molar-refractivity contribution in [2.75, 3.05) is 23.9 Å². The highest BCUT2D eigenvalue weighted by molar-refractivity contribution is 8.00. The number of nitrogens with two attached hydrogens (primary N) is 1. The third-order valence-electron chi connectivity index (χ3n) is 4.14. The van der Waals surface area contributed by atoms with E-state index in [2.05, 4.69) is 16.6 Å². The van der Waals surface area contributed by atoms with Crippen LogP contribution in [0.4, 0.5) is 11.4 Å². The summed E-state index contributed by atoms with van der Waals surface area (Å²) in [5, 5.41) is 3.44. The summed E-state index contributed by atoms with van der Waals surface area (Å²) in [5.74, 6) is -0.451. The summed E-state index contributed by atoms with van der Waals surface area (Å²) in [4.78, 5) is 13.8. The number of nitrogen functional groups attached to an aromatic ring is 1. The van der Waals surface area contributed by atoms with Gasteiger partial charge >= 0.3 is 5.76 Å². The minimum atomic E-state index is -0.451. The third-order valence-corrected chi connectivity index (χ3v) is 5.56. The average Bonchev–Trinajstić information content (AvgIpc) is 3.02. The van der Waals surface area contributed by atoms with Gasteiger partial charge in [0.15, 0.2) is 5.58 Å². The number of nitrogens with one attached hydrogen (secondary N) is 2. The Kier molecular flexibility index (Phi) is 3.41. The number of benzene rings is 1. The fraction of sp³-hybridized carbons (Fsp3) is 0.500. The number of fused-ring (bicyclic) bond motifs is 1. The van der Waals surface area contributed by atoms with Gasteiger partial charge in [0.1, 0.15) is 0 Å². The van der Waals surface area contributed by atoms with Crippen molar-refractivity contribution < 1.29 is 4.42 Å². The lowest BCUT2D eigenvalue weighted by Gasteiger charge is -2.27. The maximum Gasteiger partial charge on any atom is 0.417 e. The Labute approximate surface area is 121 Å². The fourth-order valence-electron chi connectivity index (χ4n) is 2.89. The summed E-state index contributed by atoms with van der Waals surface area (Å²) in [5.41, 5.74) is 8.66. The van der Waals surface area contributed by atoms with Crippen LogP contribution >= 0.6 is 11.8 Å². The van der Waals surface area contributed by atoms with Crippen LogP contribution in [0.5, 0.6) is 0 Å². The Bertz CT molecular complexity index is 671. The summed E-state index contributed by atoms with van der Waals surface area (Å²) < 4.78 is 5.31. The second kappa shape index (κ2) is 5.09. The number of aromatic amines is 1. The first-order chi connectivity index (χ1) is 9.62. The van der Waals surface area contributed by atoms with Gasteiger partial charge in [-0.2, -0.15) is 11.8 Å². The summed E-state index contributed by atoms with van der Waals surface area (Å²) in [6.07, 6.45) is 7.25. The van der Waals surface area contributed by atoms with Crippen LogP contribution in [-0.2, 0) is 0 Å². The van der Waals surface area contributed by atoms with E-state index in [1.807, 2.05) is 17.8 Å². The summed E-state index contributed by atoms with van der Waals surface area (Å²) in [7, 11) is 0. The van der Waals surface area contributed by atoms with Crippen LogP contribution in [0.1, 0.15) is 25.7 Å². The first-order valence-electron chi connectivity index (χ1n) is 6.83. The van der Waals surface area contributed by atoms with E-state index in [-0.39, 0.29) is 0 Å². The molecule has 1 saturated carbocycles. The van der Waals surface area contributed by atoms with E-state index in [4.69, 9.17) is 10.2 Å². The van der Waals surface area contributed by atoms with E-state index in [1.54, 1.807) is 6.07 Å². The molecule has 1 aromatic heterocycles. The molecule has 0 spiro atoms. The number of H-pyrrole nitrogens is 1. The Morgan fingerprint density at radius 3 is 2.90 bits per heavy atom. The van der Waals surface area contributed by atoms with Crippen LogP contribution in [0.25, 0.3) is 11.1 Å². The highest BCUT2D eigenvalue weighted by Gasteiger charge is 2.32. The van der Waals surface area contributed by atoms with E-state index in [9.17, 15) is 4.79 Å². The fourth-order valence-corrected chi connectivity index (χ4v) is 3.81. The molecule has 0 atom stereocenters. The van der Waals surface area contributed by atoms with Gasteiger partial charge in [-0.1, -0.05) is 12.8 Å². The van der Waals surface area contributed by atoms with Crippen LogP contribution in [0, 0.1) is 0 Å². The lowest BCUT2D eigenvalue weighted by Crippen LogP contribution is -2.30. The second-order valence-electron chi connectivity index (χ2n) is 5.40. The van der Waals surface area contributed by atoms with E-state index in [0.29, 0.717) is 21.5 Å². The van der Waals surface area contributed by atoms with Crippen molar-refractivity contribution in [3.05, 3.63) is 22.7 Å². The highest BCUT2D eigenvalue weighted by Crippen LogP contribution is 2.40. The van der Waals surface area contributed by atoms with Crippen LogP contribution in [0.2, 0.25) is 0 Å². The number of aromatic nitrogens is 1. The van der Waals surface area contributed by atoms with E-state index in [1.165, 1.54) is 25.7 Å². The van der Waals surface area contributed by atoms with Crippen molar-refractivity contribution in [2.45, 2.75) is 30.4 Å². The quantitative estimate of drug-likeness (QED) is 0.755. The molecule has 0 amide bonds. The molecule has 1 fully saturated rings. The highest BCUT2D eigenvalue weighted by atomic mass is 32.2. The van der Waals surface area contributed by atoms with Crippen LogP contribution in [0.3, 0.4) is 0 Å². The molecule has 2 aromatic rings. The standard InChI is InChI=1S/C14H19N3O2S/c1-20-14(4-2-3-5-14)8-16-10-7-11-12(6-9(10)15)19-13(18)17-11/h6-7,16H,2-5,8,15H2,1H3,(H,17,18). The van der Waals surface area contributed by atoms with Crippen molar-refractivity contribution in [3.63, 3.8) is 0 Å². The Morgan fingerprint density at radius 2 is 2.20 bits per heavy atom. The zero-order valence-corrected chi connectivity index (χ0v) is 12.3. The van der Waals surface area contributed by atoms with Gasteiger partial charge in [-0.05, 0) is 25.2 Å². The molecule has 1 heterocycles. The number of hydrogen-bond donors (Lipinski definition) is 3. The molecule has 4 N–H and O–H groups in total. The van der Waals surface area contributed by atoms with Crippen LogP contribution in [-0.4, -0.2) is 22.5 Å². The predicted molar refractivity (Wildman–Crippen MR) is 84.5 cm³/mol. The van der Waals surface area contributed by atoms with Gasteiger partial charge in [-0.25, -0.2) is 4.79 Å². The second-order valence-corrected chi connectivity index (χ2v) is 6.67. The van der Waals surface area contributed by atoms with Crippen LogP contribution in [0.15, 0.2) is 21.3 Å². The lowest BCUT2D eigenvalue weighted by molar-refractivity contribution is 0.555. The molecule has 0 radical (unpaired) electrons. The molecule has 108 valence electrons. The first kappa shape index (κ1) is 13.4. The van der Waals surface area contributed by atoms with Crippen molar-refractivity contribution in [3.8, 4) is 0 Å². The smallest absolute Gasteiger partial charge is 0.408 e. The van der Waals surface area contributed by atoms with Crippen molar-refractivity contribution in [1.29, 1.82) is 0 Å². The largest absolute Gasteiger partial charge is 0.417 e. The number of anilines is 2. The van der Waals surface area contributed by atoms with E-state index >= 15 is 0 Å². The molecule has 3 rings (SSSR count). The van der Waals surface area contributed by atoms with Gasteiger partial charge in [0, 0.05) is 17.4 Å². The maximum atomic E-state index is 11.2. The Balaban J connectivity index is 1.83. The summed E-state index contributed by atoms with van der Waals surface area (Å²) in [6, 6.07) is 3.54. The molecule has 20 heavy (non-hydrogen) atoms. The molecule has 0 saturated heterocycles. The average molecular weight is 293 g/mol. The third kappa shape index (κ3) is 2.40. The lowest BCUT2D eigenvalue weighted by atomic mass is 10.1. The molecule has 0 bridgehead atoms. The Morgan fingerprint density at radius 1 is 1.45 bits per heavy atom. The Hall–Kier alpha value is -1.56. The van der Waals surface area contributed by atoms with E-state index < -0.39 is 5.76 Å². The molecule has 1 aromatic carbocycles. The maximum absolute atomic E-state index is 11.2. The normalized spacial score (nSPS) is 17.6. The zero-order valence-electron chi connectivity index (χ0n) is 11.5. The molecule has 6 heteroatoms. The molecule has 1 aliphatic rings. The summed E-state index contributed by atoms with van der Waals surface area (Å²) >= 11 is 1.93. The molecule has 0 aliphatic heterocycles. The van der Waals surface area contributed by atoms with Crippen molar-refractivity contribution in [1.82, 2.24) is 4.98 Å². The van der Waals surface area contributed by atoms with Gasteiger partial charge in [0.2, 0.25) is 0 Å². The minimum Gasteiger partial charge on any atom is -0.408 e.